The van der Waals surface area contributed by atoms with Gasteiger partial charge in [0.2, 0.25) is 0 Å². The van der Waals surface area contributed by atoms with Gasteiger partial charge in [0, 0.05) is 10.2 Å². The lowest BCUT2D eigenvalue weighted by molar-refractivity contribution is 0.0696. The van der Waals surface area contributed by atoms with E-state index in [9.17, 15) is 14.0 Å². The van der Waals surface area contributed by atoms with Crippen LogP contribution in [0.5, 0.6) is 0 Å². The van der Waals surface area contributed by atoms with Gasteiger partial charge in [0.1, 0.15) is 5.82 Å². The number of carbonyl (C=O) groups excluding carboxylic acids is 1. The zero-order valence-corrected chi connectivity index (χ0v) is 13.5. The molecule has 0 bridgehead atoms. The number of hydrogen-bond acceptors (Lipinski definition) is 2. The third-order valence-electron chi connectivity index (χ3n) is 2.60. The second-order valence-corrected chi connectivity index (χ2v) is 5.86. The fraction of sp³-hybridized carbons (Fsp3) is 0. The molecule has 0 unspecified atom stereocenters. The van der Waals surface area contributed by atoms with Gasteiger partial charge >= 0.3 is 5.97 Å². The third kappa shape index (κ3) is 3.68. The van der Waals surface area contributed by atoms with Crippen LogP contribution in [0.2, 0.25) is 0 Å². The van der Waals surface area contributed by atoms with Gasteiger partial charge in [0.05, 0.1) is 15.6 Å². The van der Waals surface area contributed by atoms with Crippen molar-refractivity contribution in [3.8, 4) is 0 Å². The summed E-state index contributed by atoms with van der Waals surface area (Å²) in [6, 6.07) is 8.57. The number of benzene rings is 2. The van der Waals surface area contributed by atoms with E-state index in [4.69, 9.17) is 5.11 Å². The molecule has 108 valence electrons. The van der Waals surface area contributed by atoms with E-state index in [1.165, 1.54) is 36.4 Å². The number of nitrogens with one attached hydrogen (secondary N) is 1. The highest BCUT2D eigenvalue weighted by Gasteiger charge is 2.15. The second-order valence-electron chi connectivity index (χ2n) is 4.09. The predicted octanol–water partition coefficient (Wildman–Crippen LogP) is 4.30. The first-order valence-corrected chi connectivity index (χ1v) is 7.26. The van der Waals surface area contributed by atoms with E-state index in [1.54, 1.807) is 0 Å². The molecule has 0 aliphatic rings. The number of carboxylic acid groups (broad SMARTS) is 1. The van der Waals surface area contributed by atoms with Gasteiger partial charge in [0.25, 0.3) is 5.91 Å². The average Bonchev–Trinajstić information content (AvgIpc) is 2.41. The first-order chi connectivity index (χ1) is 9.88. The quantitative estimate of drug-likeness (QED) is 0.783. The summed E-state index contributed by atoms with van der Waals surface area (Å²) in [6.07, 6.45) is 0. The molecule has 0 heterocycles. The van der Waals surface area contributed by atoms with Crippen LogP contribution in [0, 0.1) is 5.82 Å². The summed E-state index contributed by atoms with van der Waals surface area (Å²) in [5.41, 5.74) is 0.127. The summed E-state index contributed by atoms with van der Waals surface area (Å²) in [6.45, 7) is 0. The smallest absolute Gasteiger partial charge is 0.335 e. The highest BCUT2D eigenvalue weighted by molar-refractivity contribution is 9.10. The van der Waals surface area contributed by atoms with Gasteiger partial charge in [-0.2, -0.15) is 0 Å². The Morgan fingerprint density at radius 1 is 1.14 bits per heavy atom. The van der Waals surface area contributed by atoms with Crippen LogP contribution in [-0.4, -0.2) is 17.0 Å². The third-order valence-corrected chi connectivity index (χ3v) is 3.67. The predicted molar refractivity (Wildman–Crippen MR) is 83.2 cm³/mol. The molecular formula is C14H8Br2FNO3. The minimum Gasteiger partial charge on any atom is -0.478 e. The minimum atomic E-state index is -1.12. The molecule has 0 saturated carbocycles. The molecule has 0 atom stereocenters. The second kappa shape index (κ2) is 6.36. The minimum absolute atomic E-state index is 0.00869. The molecule has 2 N–H and O–H groups in total. The van der Waals surface area contributed by atoms with E-state index in [2.05, 4.69) is 37.2 Å². The summed E-state index contributed by atoms with van der Waals surface area (Å²) < 4.78 is 14.5. The monoisotopic (exact) mass is 415 g/mol. The van der Waals surface area contributed by atoms with Crippen molar-refractivity contribution < 1.29 is 19.1 Å². The molecule has 21 heavy (non-hydrogen) atoms. The maximum absolute atomic E-state index is 13.8. The zero-order valence-electron chi connectivity index (χ0n) is 10.4. The number of halogens is 3. The lowest BCUT2D eigenvalue weighted by Crippen LogP contribution is -2.14. The number of rotatable bonds is 3. The lowest BCUT2D eigenvalue weighted by atomic mass is 10.1. The van der Waals surface area contributed by atoms with Crippen molar-refractivity contribution in [2.75, 3.05) is 5.32 Å². The molecule has 0 saturated heterocycles. The van der Waals surface area contributed by atoms with E-state index in [0.29, 0.717) is 4.47 Å². The van der Waals surface area contributed by atoms with Crippen LogP contribution in [0.3, 0.4) is 0 Å². The van der Waals surface area contributed by atoms with Crippen molar-refractivity contribution in [2.45, 2.75) is 0 Å². The lowest BCUT2D eigenvalue weighted by Gasteiger charge is -2.08. The van der Waals surface area contributed by atoms with Gasteiger partial charge in [-0.05, 0) is 46.3 Å². The molecule has 0 radical (unpaired) electrons. The van der Waals surface area contributed by atoms with Crippen molar-refractivity contribution in [2.24, 2.45) is 0 Å². The maximum Gasteiger partial charge on any atom is 0.335 e. The number of carbonyl (C=O) groups is 2. The van der Waals surface area contributed by atoms with Crippen LogP contribution in [0.15, 0.2) is 45.3 Å². The van der Waals surface area contributed by atoms with Crippen molar-refractivity contribution in [1.82, 2.24) is 0 Å². The molecule has 2 rings (SSSR count). The summed E-state index contributed by atoms with van der Waals surface area (Å²) >= 11 is 6.16. The van der Waals surface area contributed by atoms with Crippen LogP contribution in [-0.2, 0) is 0 Å². The van der Waals surface area contributed by atoms with Crippen LogP contribution in [0.25, 0.3) is 0 Å². The molecule has 4 nitrogen and oxygen atoms in total. The Morgan fingerprint density at radius 2 is 1.86 bits per heavy atom. The van der Waals surface area contributed by atoms with Gasteiger partial charge in [-0.3, -0.25) is 4.79 Å². The van der Waals surface area contributed by atoms with E-state index >= 15 is 0 Å². The van der Waals surface area contributed by atoms with E-state index in [1.807, 2.05) is 0 Å². The van der Waals surface area contributed by atoms with Crippen LogP contribution >= 0.6 is 31.9 Å². The molecule has 0 spiro atoms. The Labute approximate surface area is 136 Å². The molecule has 0 fully saturated rings. The average molecular weight is 417 g/mol. The standard InChI is InChI=1S/C14H8Br2FNO3/c15-8-4-7(14(20)21)5-9(6-8)18-13(19)10-2-1-3-11(16)12(10)17/h1-6H,(H,18,19)(H,20,21). The molecule has 2 aromatic rings. The van der Waals surface area contributed by atoms with Crippen LogP contribution in [0.1, 0.15) is 20.7 Å². The summed E-state index contributed by atoms with van der Waals surface area (Å²) in [7, 11) is 0. The number of carboxylic acids is 1. The molecule has 2 aromatic carbocycles. The number of aromatic carboxylic acids is 1. The van der Waals surface area contributed by atoms with Crippen molar-refractivity contribution >= 4 is 49.4 Å². The Balaban J connectivity index is 2.31. The van der Waals surface area contributed by atoms with Gasteiger partial charge in [-0.25, -0.2) is 9.18 Å². The van der Waals surface area contributed by atoms with Crippen molar-refractivity contribution in [1.29, 1.82) is 0 Å². The highest BCUT2D eigenvalue weighted by Crippen LogP contribution is 2.22. The van der Waals surface area contributed by atoms with Crippen molar-refractivity contribution in [3.05, 3.63) is 62.3 Å². The fourth-order valence-corrected chi connectivity index (χ4v) is 2.52. The highest BCUT2D eigenvalue weighted by atomic mass is 79.9. The van der Waals surface area contributed by atoms with E-state index in [0.717, 1.165) is 0 Å². The maximum atomic E-state index is 13.8. The van der Waals surface area contributed by atoms with Crippen LogP contribution in [0.4, 0.5) is 10.1 Å². The topological polar surface area (TPSA) is 66.4 Å². The first kappa shape index (κ1) is 15.7. The molecule has 0 aliphatic heterocycles. The molecule has 7 heteroatoms. The van der Waals surface area contributed by atoms with Gasteiger partial charge in [-0.1, -0.05) is 22.0 Å². The summed E-state index contributed by atoms with van der Waals surface area (Å²) in [5, 5.41) is 11.4. The van der Waals surface area contributed by atoms with Gasteiger partial charge < -0.3 is 10.4 Å². The molecule has 1 amide bonds. The largest absolute Gasteiger partial charge is 0.478 e. The summed E-state index contributed by atoms with van der Waals surface area (Å²) in [4.78, 5) is 23.0. The van der Waals surface area contributed by atoms with E-state index < -0.39 is 17.7 Å². The number of amides is 1. The Bertz CT molecular complexity index is 734. The molecule has 0 aromatic heterocycles. The summed E-state index contributed by atoms with van der Waals surface area (Å²) in [5.74, 6) is -2.47. The zero-order chi connectivity index (χ0) is 15.6. The Morgan fingerprint density at radius 3 is 2.52 bits per heavy atom. The first-order valence-electron chi connectivity index (χ1n) is 5.67. The SMILES string of the molecule is O=C(O)c1cc(Br)cc(NC(=O)c2cccc(Br)c2F)c1. The number of hydrogen-bond donors (Lipinski definition) is 2. The van der Waals surface area contributed by atoms with Crippen molar-refractivity contribution in [3.63, 3.8) is 0 Å². The number of anilines is 1. The van der Waals surface area contributed by atoms with Gasteiger partial charge in [0.15, 0.2) is 0 Å². The van der Waals surface area contributed by atoms with Gasteiger partial charge in [-0.15, -0.1) is 0 Å². The molecule has 0 aliphatic carbocycles. The van der Waals surface area contributed by atoms with E-state index in [-0.39, 0.29) is 21.3 Å². The normalized spacial score (nSPS) is 10.2. The fourth-order valence-electron chi connectivity index (χ4n) is 1.66. The molecular weight excluding hydrogens is 409 g/mol. The Kier molecular flexibility index (Phi) is 4.74. The van der Waals surface area contributed by atoms with Crippen LogP contribution < -0.4 is 5.32 Å². The Hall–Kier alpha value is -1.73.